The molecule has 0 bridgehead atoms. The lowest BCUT2D eigenvalue weighted by atomic mass is 10.1. The van der Waals surface area contributed by atoms with Gasteiger partial charge in [0.15, 0.2) is 0 Å². The Morgan fingerprint density at radius 2 is 0.947 bits per heavy atom. The van der Waals surface area contributed by atoms with Crippen molar-refractivity contribution in [2.75, 3.05) is 0 Å². The molecule has 0 aromatic heterocycles. The second-order valence-electron chi connectivity index (χ2n) is 6.03. The average molecular weight is 272 g/mol. The number of Topliss-reactive ketones (excluding diaryl/α,β-unsaturated/α-hetero) is 2. The number of hydrogen-bond acceptors (Lipinski definition) is 6. The minimum absolute atomic E-state index is 0.832. The summed E-state index contributed by atoms with van der Waals surface area (Å²) in [6.45, 7) is 9.55. The van der Waals surface area contributed by atoms with Crippen LogP contribution in [0.2, 0.25) is 0 Å². The van der Waals surface area contributed by atoms with Gasteiger partial charge in [0.1, 0.15) is 11.2 Å². The smallest absolute Gasteiger partial charge is 0.375 e. The van der Waals surface area contributed by atoms with Crippen LogP contribution in [0.5, 0.6) is 0 Å². The minimum atomic E-state index is -1.13. The van der Waals surface area contributed by atoms with E-state index in [2.05, 4.69) is 0 Å². The molecule has 0 rings (SSSR count). The molecule has 6 nitrogen and oxygen atoms in total. The van der Waals surface area contributed by atoms with E-state index in [0.717, 1.165) is 0 Å². The topological polar surface area (TPSA) is 86.7 Å². The largest absolute Gasteiger partial charge is 0.454 e. The van der Waals surface area contributed by atoms with E-state index in [4.69, 9.17) is 9.47 Å². The molecule has 0 saturated carbocycles. The molecule has 0 radical (unpaired) electrons. The molecule has 0 aromatic rings. The van der Waals surface area contributed by atoms with Crippen LogP contribution in [-0.2, 0) is 28.7 Å². The van der Waals surface area contributed by atoms with E-state index >= 15 is 0 Å². The molecular formula is C13H20O6. The summed E-state index contributed by atoms with van der Waals surface area (Å²) in [7, 11) is 0. The minimum Gasteiger partial charge on any atom is -0.454 e. The fourth-order valence-corrected chi connectivity index (χ4v) is 0.960. The second kappa shape index (κ2) is 5.95. The summed E-state index contributed by atoms with van der Waals surface area (Å²) in [4.78, 5) is 45.4. The molecule has 0 amide bonds. The van der Waals surface area contributed by atoms with Crippen LogP contribution in [-0.4, -0.2) is 34.7 Å². The Kier molecular flexibility index (Phi) is 5.41. The maximum absolute atomic E-state index is 11.4. The van der Waals surface area contributed by atoms with Crippen molar-refractivity contribution < 1.29 is 28.7 Å². The van der Waals surface area contributed by atoms with E-state index in [9.17, 15) is 19.2 Å². The van der Waals surface area contributed by atoms with Gasteiger partial charge in [-0.2, -0.15) is 0 Å². The first-order valence-electron chi connectivity index (χ1n) is 5.84. The monoisotopic (exact) mass is 272 g/mol. The third kappa shape index (κ3) is 8.07. The highest BCUT2D eigenvalue weighted by molar-refractivity contribution is 6.45. The molecule has 0 atom stereocenters. The summed E-state index contributed by atoms with van der Waals surface area (Å²) in [6.07, 6.45) is -0.843. The lowest BCUT2D eigenvalue weighted by Gasteiger charge is -2.19. The zero-order chi connectivity index (χ0) is 15.4. The van der Waals surface area contributed by atoms with Crippen LogP contribution in [0.15, 0.2) is 0 Å². The van der Waals surface area contributed by atoms with Crippen LogP contribution >= 0.6 is 0 Å². The van der Waals surface area contributed by atoms with E-state index in [1.165, 1.54) is 0 Å². The molecule has 0 aliphatic rings. The van der Waals surface area contributed by atoms with Gasteiger partial charge in [-0.1, -0.05) is 0 Å². The van der Waals surface area contributed by atoms with Crippen LogP contribution in [0, 0.1) is 0 Å². The van der Waals surface area contributed by atoms with Gasteiger partial charge in [-0.05, 0) is 41.5 Å². The fraction of sp³-hybridized carbons (Fsp3) is 0.692. The first kappa shape index (κ1) is 17.3. The summed E-state index contributed by atoms with van der Waals surface area (Å²) < 4.78 is 9.58. The number of esters is 2. The molecule has 0 heterocycles. The van der Waals surface area contributed by atoms with Gasteiger partial charge >= 0.3 is 11.9 Å². The molecular weight excluding hydrogens is 252 g/mol. The van der Waals surface area contributed by atoms with Crippen molar-refractivity contribution in [3.05, 3.63) is 0 Å². The van der Waals surface area contributed by atoms with Crippen molar-refractivity contribution in [3.63, 3.8) is 0 Å². The molecule has 0 aromatic carbocycles. The molecule has 0 fully saturated rings. The predicted molar refractivity (Wildman–Crippen MR) is 66.3 cm³/mol. The van der Waals surface area contributed by atoms with E-state index in [1.54, 1.807) is 41.5 Å². The van der Waals surface area contributed by atoms with Gasteiger partial charge in [-0.25, -0.2) is 9.59 Å². The van der Waals surface area contributed by atoms with E-state index < -0.39 is 41.1 Å². The van der Waals surface area contributed by atoms with Crippen molar-refractivity contribution in [3.8, 4) is 0 Å². The standard InChI is InChI=1S/C13H20O6/c1-12(2,3)18-10(16)8(14)7-9(15)11(17)19-13(4,5)6/h7H2,1-6H3. The average Bonchev–Trinajstić information content (AvgIpc) is 2.11. The van der Waals surface area contributed by atoms with E-state index in [0.29, 0.717) is 0 Å². The first-order valence-corrected chi connectivity index (χ1v) is 5.84. The predicted octanol–water partition coefficient (Wildman–Crippen LogP) is 1.20. The summed E-state index contributed by atoms with van der Waals surface area (Å²) in [5.74, 6) is -4.40. The molecule has 0 saturated heterocycles. The molecule has 0 N–H and O–H groups in total. The number of hydrogen-bond donors (Lipinski definition) is 0. The van der Waals surface area contributed by atoms with E-state index in [1.807, 2.05) is 0 Å². The Labute approximate surface area is 112 Å². The molecule has 0 spiro atoms. The van der Waals surface area contributed by atoms with Crippen molar-refractivity contribution in [2.45, 2.75) is 59.2 Å². The van der Waals surface area contributed by atoms with Crippen molar-refractivity contribution >= 4 is 23.5 Å². The Hall–Kier alpha value is -1.72. The molecule has 6 heteroatoms. The Bertz CT molecular complexity index is 356. The summed E-state index contributed by atoms with van der Waals surface area (Å²) in [5, 5.41) is 0. The maximum Gasteiger partial charge on any atom is 0.375 e. The zero-order valence-corrected chi connectivity index (χ0v) is 12.2. The zero-order valence-electron chi connectivity index (χ0n) is 12.2. The number of ketones is 2. The van der Waals surface area contributed by atoms with Gasteiger partial charge in [0.25, 0.3) is 0 Å². The Balaban J connectivity index is 4.46. The van der Waals surface area contributed by atoms with Gasteiger partial charge in [0.2, 0.25) is 11.6 Å². The van der Waals surface area contributed by atoms with Crippen LogP contribution in [0.3, 0.4) is 0 Å². The van der Waals surface area contributed by atoms with Crippen molar-refractivity contribution in [1.82, 2.24) is 0 Å². The molecule has 108 valence electrons. The van der Waals surface area contributed by atoms with Crippen LogP contribution in [0.1, 0.15) is 48.0 Å². The number of carbonyl (C=O) groups is 4. The number of ether oxygens (including phenoxy) is 2. The van der Waals surface area contributed by atoms with Crippen LogP contribution in [0.25, 0.3) is 0 Å². The summed E-state index contributed by atoms with van der Waals surface area (Å²) in [6, 6.07) is 0. The molecule has 0 unspecified atom stereocenters. The lowest BCUT2D eigenvalue weighted by Crippen LogP contribution is -2.33. The highest BCUT2D eigenvalue weighted by atomic mass is 16.6. The van der Waals surface area contributed by atoms with E-state index in [-0.39, 0.29) is 0 Å². The quantitative estimate of drug-likeness (QED) is 0.434. The van der Waals surface area contributed by atoms with Gasteiger partial charge in [-0.3, -0.25) is 9.59 Å². The van der Waals surface area contributed by atoms with Crippen LogP contribution < -0.4 is 0 Å². The summed E-state index contributed by atoms with van der Waals surface area (Å²) >= 11 is 0. The SMILES string of the molecule is CC(C)(C)OC(=O)C(=O)CC(=O)C(=O)OC(C)(C)C. The highest BCUT2D eigenvalue weighted by Crippen LogP contribution is 2.10. The van der Waals surface area contributed by atoms with Crippen molar-refractivity contribution in [1.29, 1.82) is 0 Å². The number of rotatable bonds is 4. The first-order chi connectivity index (χ1) is 8.32. The third-order valence-electron chi connectivity index (χ3n) is 1.57. The second-order valence-corrected chi connectivity index (χ2v) is 6.03. The lowest BCUT2D eigenvalue weighted by molar-refractivity contribution is -0.166. The van der Waals surface area contributed by atoms with Crippen molar-refractivity contribution in [2.24, 2.45) is 0 Å². The fourth-order valence-electron chi connectivity index (χ4n) is 0.960. The Morgan fingerprint density at radius 3 is 1.16 bits per heavy atom. The van der Waals surface area contributed by atoms with Gasteiger partial charge < -0.3 is 9.47 Å². The van der Waals surface area contributed by atoms with Gasteiger partial charge in [0.05, 0.1) is 6.42 Å². The normalized spacial score (nSPS) is 11.7. The third-order valence-corrected chi connectivity index (χ3v) is 1.57. The maximum atomic E-state index is 11.4. The molecule has 0 aliphatic heterocycles. The van der Waals surface area contributed by atoms with Gasteiger partial charge in [0, 0.05) is 0 Å². The highest BCUT2D eigenvalue weighted by Gasteiger charge is 2.29. The Morgan fingerprint density at radius 1 is 0.684 bits per heavy atom. The molecule has 19 heavy (non-hydrogen) atoms. The van der Waals surface area contributed by atoms with Gasteiger partial charge in [-0.15, -0.1) is 0 Å². The van der Waals surface area contributed by atoms with Crippen LogP contribution in [0.4, 0.5) is 0 Å². The summed E-state index contributed by atoms with van der Waals surface area (Å²) in [5.41, 5.74) is -1.66. The molecule has 0 aliphatic carbocycles. The number of carbonyl (C=O) groups excluding carboxylic acids is 4.